The first kappa shape index (κ1) is 12.8. The second-order valence-electron chi connectivity index (χ2n) is 4.73. The van der Waals surface area contributed by atoms with Crippen LogP contribution in [0, 0.1) is 6.92 Å². The van der Waals surface area contributed by atoms with E-state index >= 15 is 0 Å². The number of hydrogen-bond donors (Lipinski definition) is 1. The van der Waals surface area contributed by atoms with Crippen LogP contribution in [0.5, 0.6) is 0 Å². The monoisotopic (exact) mass is 245 g/mol. The average Bonchev–Trinajstić information content (AvgIpc) is 3.17. The summed E-state index contributed by atoms with van der Waals surface area (Å²) in [6, 6.07) is 8.36. The molecule has 0 heterocycles. The number of carbonyl (C=O) groups excluding carboxylic acids is 1. The molecule has 3 nitrogen and oxygen atoms in total. The van der Waals surface area contributed by atoms with Gasteiger partial charge in [0.25, 0.3) is 0 Å². The van der Waals surface area contributed by atoms with Gasteiger partial charge in [-0.25, -0.2) is 0 Å². The van der Waals surface area contributed by atoms with E-state index in [1.165, 1.54) is 5.56 Å². The highest BCUT2D eigenvalue weighted by Gasteiger charge is 2.30. The predicted molar refractivity (Wildman–Crippen MR) is 72.0 cm³/mol. The highest BCUT2D eigenvalue weighted by Crippen LogP contribution is 2.26. The molecule has 0 spiro atoms. The number of nitrogens with zero attached hydrogens (tertiary/aromatic N) is 1. The van der Waals surface area contributed by atoms with Crippen molar-refractivity contribution in [2.75, 3.05) is 13.2 Å². The quantitative estimate of drug-likeness (QED) is 0.806. The van der Waals surface area contributed by atoms with Crippen LogP contribution in [0.25, 0.3) is 6.08 Å². The molecule has 1 aliphatic carbocycles. The third-order valence-corrected chi connectivity index (χ3v) is 3.07. The molecule has 18 heavy (non-hydrogen) atoms. The van der Waals surface area contributed by atoms with E-state index in [4.69, 9.17) is 5.11 Å². The topological polar surface area (TPSA) is 40.5 Å². The average molecular weight is 245 g/mol. The minimum atomic E-state index is -0.00643. The van der Waals surface area contributed by atoms with Crippen molar-refractivity contribution in [1.29, 1.82) is 0 Å². The van der Waals surface area contributed by atoms with Gasteiger partial charge in [0.15, 0.2) is 0 Å². The lowest BCUT2D eigenvalue weighted by molar-refractivity contribution is -0.127. The van der Waals surface area contributed by atoms with E-state index in [0.717, 1.165) is 18.4 Å². The van der Waals surface area contributed by atoms with E-state index in [9.17, 15) is 4.79 Å². The molecule has 1 amide bonds. The standard InChI is InChI=1S/C15H19NO2/c1-12-3-2-4-13(11-12)5-8-15(18)16(9-10-17)14-6-7-14/h2-5,8,11,14,17H,6-7,9-10H2,1H3/b8-5+. The Bertz CT molecular complexity index is 450. The normalized spacial score (nSPS) is 15.0. The zero-order valence-electron chi connectivity index (χ0n) is 10.7. The second kappa shape index (κ2) is 5.83. The molecule has 1 N–H and O–H groups in total. The molecule has 0 atom stereocenters. The van der Waals surface area contributed by atoms with Crippen LogP contribution in [0.3, 0.4) is 0 Å². The maximum absolute atomic E-state index is 12.0. The van der Waals surface area contributed by atoms with Crippen molar-refractivity contribution in [3.63, 3.8) is 0 Å². The molecule has 0 bridgehead atoms. The van der Waals surface area contributed by atoms with Gasteiger partial charge in [-0.3, -0.25) is 4.79 Å². The first-order valence-electron chi connectivity index (χ1n) is 6.37. The third-order valence-electron chi connectivity index (χ3n) is 3.07. The molecule has 2 rings (SSSR count). The Hall–Kier alpha value is -1.61. The summed E-state index contributed by atoms with van der Waals surface area (Å²) in [4.78, 5) is 13.8. The molecule has 1 aromatic rings. The highest BCUT2D eigenvalue weighted by atomic mass is 16.3. The van der Waals surface area contributed by atoms with Crippen molar-refractivity contribution in [3.05, 3.63) is 41.5 Å². The molecule has 0 radical (unpaired) electrons. The van der Waals surface area contributed by atoms with Gasteiger partial charge in [0.05, 0.1) is 6.61 Å². The lowest BCUT2D eigenvalue weighted by atomic mass is 10.1. The van der Waals surface area contributed by atoms with Crippen molar-refractivity contribution in [2.24, 2.45) is 0 Å². The largest absolute Gasteiger partial charge is 0.395 e. The molecule has 1 fully saturated rings. The molecular formula is C15H19NO2. The Balaban J connectivity index is 2.01. The van der Waals surface area contributed by atoms with Gasteiger partial charge in [0, 0.05) is 18.7 Å². The first-order chi connectivity index (χ1) is 8.70. The van der Waals surface area contributed by atoms with Gasteiger partial charge >= 0.3 is 0 Å². The minimum absolute atomic E-state index is 0.00643. The lowest BCUT2D eigenvalue weighted by Gasteiger charge is -2.19. The molecule has 0 unspecified atom stereocenters. The maximum Gasteiger partial charge on any atom is 0.246 e. The van der Waals surface area contributed by atoms with Gasteiger partial charge in [0.2, 0.25) is 5.91 Å². The number of aliphatic hydroxyl groups is 1. The van der Waals surface area contributed by atoms with Gasteiger partial charge < -0.3 is 10.0 Å². The van der Waals surface area contributed by atoms with Gasteiger partial charge in [-0.05, 0) is 31.4 Å². The Kier molecular flexibility index (Phi) is 4.15. The fraction of sp³-hybridized carbons (Fsp3) is 0.400. The van der Waals surface area contributed by atoms with Crippen molar-refractivity contribution in [3.8, 4) is 0 Å². The van der Waals surface area contributed by atoms with E-state index in [2.05, 4.69) is 0 Å². The number of benzene rings is 1. The molecule has 0 aliphatic heterocycles. The summed E-state index contributed by atoms with van der Waals surface area (Å²) in [7, 11) is 0. The highest BCUT2D eigenvalue weighted by molar-refractivity contribution is 5.92. The number of amides is 1. The zero-order chi connectivity index (χ0) is 13.0. The molecule has 0 saturated heterocycles. The van der Waals surface area contributed by atoms with Gasteiger partial charge in [-0.15, -0.1) is 0 Å². The lowest BCUT2D eigenvalue weighted by Crippen LogP contribution is -2.34. The first-order valence-corrected chi connectivity index (χ1v) is 6.37. The van der Waals surface area contributed by atoms with Crippen LogP contribution in [0.1, 0.15) is 24.0 Å². The van der Waals surface area contributed by atoms with E-state index in [-0.39, 0.29) is 12.5 Å². The minimum Gasteiger partial charge on any atom is -0.395 e. The fourth-order valence-electron chi connectivity index (χ4n) is 2.00. The van der Waals surface area contributed by atoms with Gasteiger partial charge in [-0.2, -0.15) is 0 Å². The van der Waals surface area contributed by atoms with E-state index in [1.807, 2.05) is 37.3 Å². The van der Waals surface area contributed by atoms with Gasteiger partial charge in [0.1, 0.15) is 0 Å². The Morgan fingerprint density at radius 1 is 1.50 bits per heavy atom. The SMILES string of the molecule is Cc1cccc(/C=C/C(=O)N(CCO)C2CC2)c1. The van der Waals surface area contributed by atoms with Crippen LogP contribution in [0.4, 0.5) is 0 Å². The second-order valence-corrected chi connectivity index (χ2v) is 4.73. The van der Waals surface area contributed by atoms with Crippen LogP contribution in [-0.4, -0.2) is 35.1 Å². The van der Waals surface area contributed by atoms with Crippen molar-refractivity contribution >= 4 is 12.0 Å². The van der Waals surface area contributed by atoms with Crippen molar-refractivity contribution in [1.82, 2.24) is 4.90 Å². The van der Waals surface area contributed by atoms with Crippen molar-refractivity contribution in [2.45, 2.75) is 25.8 Å². The predicted octanol–water partition coefficient (Wildman–Crippen LogP) is 1.99. The van der Waals surface area contributed by atoms with Gasteiger partial charge in [-0.1, -0.05) is 29.8 Å². The summed E-state index contributed by atoms with van der Waals surface area (Å²) in [5.74, 6) is -0.00643. The summed E-state index contributed by atoms with van der Waals surface area (Å²) in [5.41, 5.74) is 2.21. The maximum atomic E-state index is 12.0. The Morgan fingerprint density at radius 3 is 2.89 bits per heavy atom. The summed E-state index contributed by atoms with van der Waals surface area (Å²) in [6.07, 6.45) is 5.55. The Morgan fingerprint density at radius 2 is 2.28 bits per heavy atom. The number of rotatable bonds is 5. The zero-order valence-corrected chi connectivity index (χ0v) is 10.7. The van der Waals surface area contributed by atoms with E-state index in [0.29, 0.717) is 12.6 Å². The summed E-state index contributed by atoms with van der Waals surface area (Å²) in [6.45, 7) is 2.49. The van der Waals surface area contributed by atoms with Crippen LogP contribution in [0.15, 0.2) is 30.3 Å². The van der Waals surface area contributed by atoms with E-state index in [1.54, 1.807) is 11.0 Å². The van der Waals surface area contributed by atoms with Crippen LogP contribution in [-0.2, 0) is 4.79 Å². The number of carbonyl (C=O) groups is 1. The van der Waals surface area contributed by atoms with Crippen LogP contribution >= 0.6 is 0 Å². The number of aryl methyl sites for hydroxylation is 1. The molecular weight excluding hydrogens is 226 g/mol. The molecule has 1 saturated carbocycles. The number of hydrogen-bond acceptors (Lipinski definition) is 2. The molecule has 1 aliphatic rings. The van der Waals surface area contributed by atoms with Crippen molar-refractivity contribution < 1.29 is 9.90 Å². The summed E-state index contributed by atoms with van der Waals surface area (Å²) in [5, 5.41) is 8.97. The summed E-state index contributed by atoms with van der Waals surface area (Å²) >= 11 is 0. The molecule has 96 valence electrons. The smallest absolute Gasteiger partial charge is 0.246 e. The Labute approximate surface area is 108 Å². The fourth-order valence-corrected chi connectivity index (χ4v) is 2.00. The van der Waals surface area contributed by atoms with Crippen LogP contribution < -0.4 is 0 Å². The molecule has 3 heteroatoms. The number of aliphatic hydroxyl groups excluding tert-OH is 1. The molecule has 0 aromatic heterocycles. The van der Waals surface area contributed by atoms with Crippen LogP contribution in [0.2, 0.25) is 0 Å². The van der Waals surface area contributed by atoms with E-state index < -0.39 is 0 Å². The summed E-state index contributed by atoms with van der Waals surface area (Å²) < 4.78 is 0. The molecule has 1 aromatic carbocycles. The third kappa shape index (κ3) is 3.44.